The van der Waals surface area contributed by atoms with Gasteiger partial charge in [0, 0.05) is 11.1 Å². The summed E-state index contributed by atoms with van der Waals surface area (Å²) in [6.45, 7) is 1.93. The smallest absolute Gasteiger partial charge is 0.198 e. The summed E-state index contributed by atoms with van der Waals surface area (Å²) in [7, 11) is 0. The summed E-state index contributed by atoms with van der Waals surface area (Å²) in [6.07, 6.45) is 0. The zero-order valence-corrected chi connectivity index (χ0v) is 12.9. The molecule has 0 fully saturated rings. The molecule has 2 heterocycles. The van der Waals surface area contributed by atoms with Crippen LogP contribution in [0.15, 0.2) is 51.6 Å². The number of halogens is 1. The molecular formula is C15H13BrN4O. The van der Waals surface area contributed by atoms with E-state index in [0.717, 1.165) is 16.8 Å². The predicted molar refractivity (Wildman–Crippen MR) is 85.4 cm³/mol. The number of nitrogens with zero attached hydrogens (tertiary/aromatic N) is 2. The maximum absolute atomic E-state index is 5.57. The van der Waals surface area contributed by atoms with Crippen molar-refractivity contribution < 1.29 is 4.42 Å². The number of furan rings is 1. The summed E-state index contributed by atoms with van der Waals surface area (Å²) >= 11 is 3.28. The van der Waals surface area contributed by atoms with Crippen molar-refractivity contribution in [1.29, 1.82) is 0 Å². The van der Waals surface area contributed by atoms with Crippen molar-refractivity contribution in [3.63, 3.8) is 0 Å². The fraction of sp³-hybridized carbons (Fsp3) is 0.0667. The Morgan fingerprint density at radius 2 is 1.86 bits per heavy atom. The van der Waals surface area contributed by atoms with Crippen LogP contribution in [0, 0.1) is 6.92 Å². The van der Waals surface area contributed by atoms with Crippen molar-refractivity contribution >= 4 is 21.7 Å². The average Bonchev–Trinajstić information content (AvgIpc) is 2.95. The van der Waals surface area contributed by atoms with Crippen LogP contribution in [0.1, 0.15) is 5.56 Å². The number of nitrogen functional groups attached to an aromatic ring is 1. The van der Waals surface area contributed by atoms with Gasteiger partial charge in [0.05, 0.1) is 5.69 Å². The molecule has 0 atom stereocenters. The van der Waals surface area contributed by atoms with Crippen LogP contribution in [0.2, 0.25) is 0 Å². The molecule has 0 aliphatic heterocycles. The Morgan fingerprint density at radius 1 is 1.10 bits per heavy atom. The van der Waals surface area contributed by atoms with Gasteiger partial charge in [-0.2, -0.15) is 0 Å². The van der Waals surface area contributed by atoms with Gasteiger partial charge in [0.15, 0.2) is 16.3 Å². The number of rotatable bonds is 3. The van der Waals surface area contributed by atoms with E-state index in [1.807, 2.05) is 43.3 Å². The number of nitrogens with one attached hydrogen (secondary N) is 1. The minimum Gasteiger partial charge on any atom is -0.446 e. The fourth-order valence-electron chi connectivity index (χ4n) is 2.08. The van der Waals surface area contributed by atoms with Gasteiger partial charge in [0.1, 0.15) is 5.82 Å². The molecule has 3 N–H and O–H groups in total. The maximum Gasteiger partial charge on any atom is 0.198 e. The van der Waals surface area contributed by atoms with Crippen LogP contribution in [0.4, 0.5) is 5.82 Å². The molecule has 0 spiro atoms. The van der Waals surface area contributed by atoms with Crippen LogP contribution in [-0.4, -0.2) is 9.97 Å². The van der Waals surface area contributed by atoms with Crippen molar-refractivity contribution in [2.75, 3.05) is 5.43 Å². The van der Waals surface area contributed by atoms with Crippen LogP contribution in [-0.2, 0) is 0 Å². The zero-order valence-electron chi connectivity index (χ0n) is 11.3. The summed E-state index contributed by atoms with van der Waals surface area (Å²) in [5.41, 5.74) is 5.33. The molecule has 0 saturated heterocycles. The normalized spacial score (nSPS) is 10.6. The van der Waals surface area contributed by atoms with E-state index in [2.05, 4.69) is 31.3 Å². The lowest BCUT2D eigenvalue weighted by Crippen LogP contribution is -2.12. The van der Waals surface area contributed by atoms with E-state index >= 15 is 0 Å². The monoisotopic (exact) mass is 344 g/mol. The van der Waals surface area contributed by atoms with Gasteiger partial charge in [0.2, 0.25) is 0 Å². The van der Waals surface area contributed by atoms with Crippen LogP contribution >= 0.6 is 15.9 Å². The number of anilines is 1. The molecule has 5 nitrogen and oxygen atoms in total. The average molecular weight is 345 g/mol. The van der Waals surface area contributed by atoms with E-state index in [4.69, 9.17) is 10.3 Å². The largest absolute Gasteiger partial charge is 0.446 e. The van der Waals surface area contributed by atoms with Crippen molar-refractivity contribution in [2.24, 2.45) is 5.84 Å². The van der Waals surface area contributed by atoms with Crippen LogP contribution in [0.25, 0.3) is 22.8 Å². The highest BCUT2D eigenvalue weighted by atomic mass is 79.9. The first-order chi connectivity index (χ1) is 10.2. The van der Waals surface area contributed by atoms with E-state index < -0.39 is 0 Å². The van der Waals surface area contributed by atoms with Crippen molar-refractivity contribution in [1.82, 2.24) is 9.97 Å². The lowest BCUT2D eigenvalue weighted by Gasteiger charge is -2.11. The Morgan fingerprint density at radius 3 is 2.48 bits per heavy atom. The van der Waals surface area contributed by atoms with Gasteiger partial charge in [-0.05, 0) is 35.0 Å². The molecule has 0 amide bonds. The summed E-state index contributed by atoms with van der Waals surface area (Å²) in [4.78, 5) is 9.01. The molecule has 106 valence electrons. The zero-order chi connectivity index (χ0) is 14.8. The summed E-state index contributed by atoms with van der Waals surface area (Å²) in [5.74, 6) is 7.21. The highest BCUT2D eigenvalue weighted by Crippen LogP contribution is 2.30. The minimum atomic E-state index is 0.484. The van der Waals surface area contributed by atoms with E-state index in [9.17, 15) is 0 Å². The number of hydrazine groups is 1. The maximum atomic E-state index is 5.57. The summed E-state index contributed by atoms with van der Waals surface area (Å²) in [6, 6.07) is 13.5. The van der Waals surface area contributed by atoms with E-state index in [-0.39, 0.29) is 0 Å². The number of benzene rings is 1. The number of hydrogen-bond acceptors (Lipinski definition) is 5. The molecule has 3 rings (SSSR count). The molecule has 6 heteroatoms. The lowest BCUT2D eigenvalue weighted by molar-refractivity contribution is 0.551. The molecule has 0 unspecified atom stereocenters. The van der Waals surface area contributed by atoms with Gasteiger partial charge in [-0.3, -0.25) is 0 Å². The van der Waals surface area contributed by atoms with Gasteiger partial charge < -0.3 is 9.84 Å². The third-order valence-electron chi connectivity index (χ3n) is 3.12. The Labute approximate surface area is 130 Å². The number of aromatic nitrogens is 2. The van der Waals surface area contributed by atoms with Gasteiger partial charge >= 0.3 is 0 Å². The minimum absolute atomic E-state index is 0.484. The lowest BCUT2D eigenvalue weighted by atomic mass is 10.1. The first kappa shape index (κ1) is 13.8. The van der Waals surface area contributed by atoms with Crippen molar-refractivity contribution in [3.8, 4) is 22.8 Å². The highest BCUT2D eigenvalue weighted by molar-refractivity contribution is 9.10. The Balaban J connectivity index is 2.20. The van der Waals surface area contributed by atoms with E-state index in [0.29, 0.717) is 22.1 Å². The van der Waals surface area contributed by atoms with Crippen molar-refractivity contribution in [2.45, 2.75) is 6.92 Å². The molecule has 3 aromatic rings. The molecule has 0 radical (unpaired) electrons. The topological polar surface area (TPSA) is 77.0 Å². The van der Waals surface area contributed by atoms with Crippen LogP contribution in [0.5, 0.6) is 0 Å². The summed E-state index contributed by atoms with van der Waals surface area (Å²) < 4.78 is 6.15. The van der Waals surface area contributed by atoms with Gasteiger partial charge in [-0.15, -0.1) is 0 Å². The van der Waals surface area contributed by atoms with E-state index in [1.54, 1.807) is 6.07 Å². The standard InChI is InChI=1S/C15H13BrN4O/c1-9-13(10-5-3-2-4-6-10)18-15(19-14(9)20-17)11-7-8-12(16)21-11/h2-8H,17H2,1H3,(H,18,19,20). The van der Waals surface area contributed by atoms with E-state index in [1.165, 1.54) is 0 Å². The second-order valence-electron chi connectivity index (χ2n) is 4.48. The number of hydrogen-bond donors (Lipinski definition) is 2. The molecule has 0 bridgehead atoms. The number of nitrogens with two attached hydrogens (primary N) is 1. The molecular weight excluding hydrogens is 332 g/mol. The first-order valence-corrected chi connectivity index (χ1v) is 7.14. The Kier molecular flexibility index (Phi) is 3.72. The quantitative estimate of drug-likeness (QED) is 0.558. The highest BCUT2D eigenvalue weighted by Gasteiger charge is 2.15. The fourth-order valence-corrected chi connectivity index (χ4v) is 2.39. The van der Waals surface area contributed by atoms with Gasteiger partial charge in [0.25, 0.3) is 0 Å². The second-order valence-corrected chi connectivity index (χ2v) is 5.27. The molecule has 2 aromatic heterocycles. The van der Waals surface area contributed by atoms with Crippen LogP contribution in [0.3, 0.4) is 0 Å². The predicted octanol–water partition coefficient (Wildman–Crippen LogP) is 3.76. The molecule has 21 heavy (non-hydrogen) atoms. The molecule has 1 aromatic carbocycles. The van der Waals surface area contributed by atoms with Crippen molar-refractivity contribution in [3.05, 3.63) is 52.7 Å². The Bertz CT molecular complexity index is 771. The van der Waals surface area contributed by atoms with Gasteiger partial charge in [-0.25, -0.2) is 15.8 Å². The van der Waals surface area contributed by atoms with Gasteiger partial charge in [-0.1, -0.05) is 30.3 Å². The van der Waals surface area contributed by atoms with Crippen LogP contribution < -0.4 is 11.3 Å². The molecule has 0 aliphatic carbocycles. The third kappa shape index (κ3) is 2.68. The summed E-state index contributed by atoms with van der Waals surface area (Å²) in [5, 5.41) is 0. The third-order valence-corrected chi connectivity index (χ3v) is 3.55. The molecule has 0 aliphatic rings. The Hall–Kier alpha value is -2.18. The molecule has 0 saturated carbocycles. The SMILES string of the molecule is Cc1c(NN)nc(-c2ccc(Br)o2)nc1-c1ccccc1. The second kappa shape index (κ2) is 5.67. The first-order valence-electron chi connectivity index (χ1n) is 6.35.